The van der Waals surface area contributed by atoms with Crippen LogP contribution < -0.4 is 15.0 Å². The molecule has 1 N–H and O–H groups in total. The topological polar surface area (TPSA) is 84.9 Å². The fraction of sp³-hybridized carbons (Fsp3) is 0.130. The average Bonchev–Trinajstić information content (AvgIpc) is 3.51. The van der Waals surface area contributed by atoms with Crippen LogP contribution in [-0.4, -0.2) is 25.5 Å². The van der Waals surface area contributed by atoms with Crippen LogP contribution in [-0.2, 0) is 6.42 Å². The van der Waals surface area contributed by atoms with E-state index in [1.807, 2.05) is 24.3 Å². The van der Waals surface area contributed by atoms with E-state index < -0.39 is 0 Å². The van der Waals surface area contributed by atoms with Gasteiger partial charge in [-0.15, -0.1) is 0 Å². The third-order valence-electron chi connectivity index (χ3n) is 5.17. The molecule has 0 saturated heterocycles. The number of methoxy groups -OCH3 is 1. The van der Waals surface area contributed by atoms with Gasteiger partial charge in [0.25, 0.3) is 11.8 Å². The van der Waals surface area contributed by atoms with Gasteiger partial charge in [-0.1, -0.05) is 18.2 Å². The molecule has 0 aliphatic carbocycles. The second-order valence-electron chi connectivity index (χ2n) is 6.97. The van der Waals surface area contributed by atoms with Gasteiger partial charge in [0.2, 0.25) is 0 Å². The first kappa shape index (κ1) is 18.1. The molecular weight excluding hydrogens is 384 g/mol. The maximum atomic E-state index is 12.7. The number of hydrogen-bond donors (Lipinski definition) is 1. The van der Waals surface area contributed by atoms with Gasteiger partial charge >= 0.3 is 0 Å². The summed E-state index contributed by atoms with van der Waals surface area (Å²) in [6.45, 7) is 0.565. The average molecular weight is 402 g/mol. The van der Waals surface area contributed by atoms with E-state index >= 15 is 0 Å². The minimum atomic E-state index is -0.380. The molecule has 0 saturated carbocycles. The van der Waals surface area contributed by atoms with E-state index in [4.69, 9.17) is 13.6 Å². The minimum Gasteiger partial charge on any atom is -0.493 e. The molecule has 30 heavy (non-hydrogen) atoms. The Morgan fingerprint density at radius 1 is 1.07 bits per heavy atom. The molecule has 2 aromatic carbocycles. The Hall–Kier alpha value is -4.00. The predicted octanol–water partition coefficient (Wildman–Crippen LogP) is 4.49. The first-order valence-corrected chi connectivity index (χ1v) is 9.50. The van der Waals surface area contributed by atoms with Crippen molar-refractivity contribution in [3.63, 3.8) is 0 Å². The van der Waals surface area contributed by atoms with E-state index in [0.717, 1.165) is 23.1 Å². The van der Waals surface area contributed by atoms with Crippen molar-refractivity contribution >= 4 is 34.2 Å². The Morgan fingerprint density at radius 3 is 2.77 bits per heavy atom. The van der Waals surface area contributed by atoms with Crippen LogP contribution in [0.5, 0.6) is 5.75 Å². The summed E-state index contributed by atoms with van der Waals surface area (Å²) in [5, 5.41) is 3.63. The molecule has 0 atom stereocenters. The molecule has 0 spiro atoms. The minimum absolute atomic E-state index is 0.179. The summed E-state index contributed by atoms with van der Waals surface area (Å²) in [4.78, 5) is 27.1. The van der Waals surface area contributed by atoms with Crippen molar-refractivity contribution in [1.29, 1.82) is 0 Å². The molecule has 2 amide bonds. The summed E-state index contributed by atoms with van der Waals surface area (Å²) in [7, 11) is 1.55. The SMILES string of the molecule is COc1cccc2cc(C(=O)Nc3ccc4c(c3)N(C(=O)c3ccco3)CC4)oc12. The maximum absolute atomic E-state index is 12.7. The summed E-state index contributed by atoms with van der Waals surface area (Å²) in [5.41, 5.74) is 2.90. The third kappa shape index (κ3) is 3.00. The molecule has 1 aliphatic rings. The zero-order valence-electron chi connectivity index (χ0n) is 16.2. The lowest BCUT2D eigenvalue weighted by molar-refractivity contribution is 0.0961. The van der Waals surface area contributed by atoms with Crippen LogP contribution in [0.1, 0.15) is 26.7 Å². The number of rotatable bonds is 4. The van der Waals surface area contributed by atoms with E-state index in [2.05, 4.69) is 5.32 Å². The fourth-order valence-electron chi connectivity index (χ4n) is 3.70. The van der Waals surface area contributed by atoms with Crippen molar-refractivity contribution in [2.45, 2.75) is 6.42 Å². The molecule has 7 nitrogen and oxygen atoms in total. The van der Waals surface area contributed by atoms with Gasteiger partial charge in [0.1, 0.15) is 0 Å². The number of nitrogens with one attached hydrogen (secondary N) is 1. The molecule has 2 aromatic heterocycles. The number of para-hydroxylation sites is 1. The second-order valence-corrected chi connectivity index (χ2v) is 6.97. The van der Waals surface area contributed by atoms with Crippen LogP contribution in [0.2, 0.25) is 0 Å². The number of anilines is 2. The molecule has 150 valence electrons. The number of fused-ring (bicyclic) bond motifs is 2. The Kier molecular flexibility index (Phi) is 4.28. The van der Waals surface area contributed by atoms with Gasteiger partial charge in [-0.05, 0) is 48.4 Å². The molecule has 0 radical (unpaired) electrons. The summed E-state index contributed by atoms with van der Waals surface area (Å²) in [6.07, 6.45) is 2.22. The first-order valence-electron chi connectivity index (χ1n) is 9.50. The van der Waals surface area contributed by atoms with Crippen molar-refractivity contribution in [3.05, 3.63) is 77.9 Å². The number of hydrogen-bond acceptors (Lipinski definition) is 5. The van der Waals surface area contributed by atoms with Gasteiger partial charge in [0.05, 0.1) is 13.4 Å². The summed E-state index contributed by atoms with van der Waals surface area (Å²) < 4.78 is 16.2. The highest BCUT2D eigenvalue weighted by Crippen LogP contribution is 2.33. The molecule has 0 bridgehead atoms. The van der Waals surface area contributed by atoms with E-state index in [9.17, 15) is 9.59 Å². The van der Waals surface area contributed by atoms with Gasteiger partial charge in [-0.2, -0.15) is 0 Å². The first-order chi connectivity index (χ1) is 14.6. The largest absolute Gasteiger partial charge is 0.493 e. The second kappa shape index (κ2) is 7.11. The quantitative estimate of drug-likeness (QED) is 0.544. The molecule has 4 aromatic rings. The normalized spacial score (nSPS) is 12.8. The van der Waals surface area contributed by atoms with E-state index in [0.29, 0.717) is 23.6 Å². The van der Waals surface area contributed by atoms with Crippen LogP contribution >= 0.6 is 0 Å². The van der Waals surface area contributed by atoms with Gasteiger partial charge < -0.3 is 23.8 Å². The highest BCUT2D eigenvalue weighted by molar-refractivity contribution is 6.07. The van der Waals surface area contributed by atoms with Crippen LogP contribution in [0.4, 0.5) is 11.4 Å². The van der Waals surface area contributed by atoms with Gasteiger partial charge in [-0.25, -0.2) is 0 Å². The monoisotopic (exact) mass is 402 g/mol. The van der Waals surface area contributed by atoms with E-state index in [1.165, 1.54) is 6.26 Å². The Morgan fingerprint density at radius 2 is 1.97 bits per heavy atom. The smallest absolute Gasteiger partial charge is 0.293 e. The zero-order valence-corrected chi connectivity index (χ0v) is 16.2. The molecule has 1 aliphatic heterocycles. The van der Waals surface area contributed by atoms with Crippen molar-refractivity contribution in [3.8, 4) is 5.75 Å². The molecular formula is C23H18N2O5. The van der Waals surface area contributed by atoms with Crippen LogP contribution in [0, 0.1) is 0 Å². The Labute approximate surface area is 171 Å². The van der Waals surface area contributed by atoms with Crippen LogP contribution in [0.15, 0.2) is 69.7 Å². The fourth-order valence-corrected chi connectivity index (χ4v) is 3.70. The van der Waals surface area contributed by atoms with Gasteiger partial charge in [-0.3, -0.25) is 9.59 Å². The Bertz CT molecular complexity index is 1260. The Balaban J connectivity index is 1.40. The van der Waals surface area contributed by atoms with Crippen molar-refractivity contribution < 1.29 is 23.2 Å². The van der Waals surface area contributed by atoms with Crippen molar-refractivity contribution in [2.75, 3.05) is 23.9 Å². The molecule has 7 heteroatoms. The van der Waals surface area contributed by atoms with E-state index in [1.54, 1.807) is 42.3 Å². The number of nitrogens with zero attached hydrogens (tertiary/aromatic N) is 1. The maximum Gasteiger partial charge on any atom is 0.293 e. The van der Waals surface area contributed by atoms with E-state index in [-0.39, 0.29) is 23.3 Å². The summed E-state index contributed by atoms with van der Waals surface area (Å²) in [5.74, 6) is 0.449. The highest BCUT2D eigenvalue weighted by Gasteiger charge is 2.27. The lowest BCUT2D eigenvalue weighted by atomic mass is 10.1. The number of carbonyl (C=O) groups excluding carboxylic acids is 2. The van der Waals surface area contributed by atoms with Gasteiger partial charge in [0.15, 0.2) is 22.9 Å². The summed E-state index contributed by atoms with van der Waals surface area (Å²) >= 11 is 0. The molecule has 0 unspecified atom stereocenters. The molecule has 5 rings (SSSR count). The molecule has 0 fully saturated rings. The highest BCUT2D eigenvalue weighted by atomic mass is 16.5. The predicted molar refractivity (Wildman–Crippen MR) is 111 cm³/mol. The van der Waals surface area contributed by atoms with Crippen LogP contribution in [0.3, 0.4) is 0 Å². The lowest BCUT2D eigenvalue weighted by Crippen LogP contribution is -2.28. The number of ether oxygens (including phenoxy) is 1. The van der Waals surface area contributed by atoms with Gasteiger partial charge in [0, 0.05) is 23.3 Å². The van der Waals surface area contributed by atoms with Crippen LogP contribution in [0.25, 0.3) is 11.0 Å². The number of furan rings is 2. The number of benzene rings is 2. The number of carbonyl (C=O) groups is 2. The zero-order chi connectivity index (χ0) is 20.7. The van der Waals surface area contributed by atoms with Crippen molar-refractivity contribution in [2.24, 2.45) is 0 Å². The number of amides is 2. The molecule has 3 heterocycles. The van der Waals surface area contributed by atoms with Crippen molar-refractivity contribution in [1.82, 2.24) is 0 Å². The summed E-state index contributed by atoms with van der Waals surface area (Å²) in [6, 6.07) is 16.0. The lowest BCUT2D eigenvalue weighted by Gasteiger charge is -2.16. The standard InChI is InChI=1S/C23H18N2O5/c1-28-18-5-2-4-15-12-20(30-21(15)18)22(26)24-16-8-7-14-9-10-25(17(14)13-16)23(27)19-6-3-11-29-19/h2-8,11-13H,9-10H2,1H3,(H,24,26). The third-order valence-corrected chi connectivity index (χ3v) is 5.17.